The molecule has 1 aliphatic rings. The number of pyridine rings is 1. The second kappa shape index (κ2) is 4.90. The first kappa shape index (κ1) is 12.6. The molecule has 3 heterocycles. The van der Waals surface area contributed by atoms with E-state index >= 15 is 0 Å². The van der Waals surface area contributed by atoms with Crippen LogP contribution in [0.4, 0.5) is 0 Å². The molecule has 19 heavy (non-hydrogen) atoms. The Balaban J connectivity index is 1.86. The van der Waals surface area contributed by atoms with Gasteiger partial charge in [0.15, 0.2) is 5.65 Å². The van der Waals surface area contributed by atoms with E-state index in [-0.39, 0.29) is 0 Å². The lowest BCUT2D eigenvalue weighted by molar-refractivity contribution is 0.165. The summed E-state index contributed by atoms with van der Waals surface area (Å²) in [6.45, 7) is 8.54. The zero-order valence-electron chi connectivity index (χ0n) is 11.8. The molecule has 0 bridgehead atoms. The van der Waals surface area contributed by atoms with Crippen molar-refractivity contribution < 1.29 is 0 Å². The summed E-state index contributed by atoms with van der Waals surface area (Å²) in [5.74, 6) is 0. The van der Waals surface area contributed by atoms with Gasteiger partial charge in [-0.3, -0.25) is 9.58 Å². The predicted molar refractivity (Wildman–Crippen MR) is 76.0 cm³/mol. The van der Waals surface area contributed by atoms with E-state index in [4.69, 9.17) is 0 Å². The van der Waals surface area contributed by atoms with Crippen LogP contribution in [0.2, 0.25) is 0 Å². The fraction of sp³-hybridized carbons (Fsp3) is 0.571. The SMILES string of the molecule is Cc1nn(C)c2ncc(CN3CCNC[C@H]3C)cc12. The van der Waals surface area contributed by atoms with Crippen LogP contribution in [0.5, 0.6) is 0 Å². The number of aryl methyl sites for hydroxylation is 2. The van der Waals surface area contributed by atoms with Crippen LogP contribution in [0.1, 0.15) is 18.2 Å². The zero-order chi connectivity index (χ0) is 13.4. The van der Waals surface area contributed by atoms with Gasteiger partial charge in [-0.25, -0.2) is 4.98 Å². The van der Waals surface area contributed by atoms with Crippen molar-refractivity contribution in [3.05, 3.63) is 23.5 Å². The average Bonchev–Trinajstić information content (AvgIpc) is 2.68. The van der Waals surface area contributed by atoms with Crippen molar-refractivity contribution in [2.24, 2.45) is 7.05 Å². The van der Waals surface area contributed by atoms with Crippen molar-refractivity contribution >= 4 is 11.0 Å². The van der Waals surface area contributed by atoms with Gasteiger partial charge in [0.1, 0.15) is 0 Å². The van der Waals surface area contributed by atoms with Crippen molar-refractivity contribution in [3.63, 3.8) is 0 Å². The molecule has 1 N–H and O–H groups in total. The Morgan fingerprint density at radius 2 is 2.32 bits per heavy atom. The van der Waals surface area contributed by atoms with Gasteiger partial charge in [-0.15, -0.1) is 0 Å². The summed E-state index contributed by atoms with van der Waals surface area (Å²) in [6, 6.07) is 2.82. The van der Waals surface area contributed by atoms with E-state index in [0.29, 0.717) is 6.04 Å². The minimum absolute atomic E-state index is 0.583. The lowest BCUT2D eigenvalue weighted by Gasteiger charge is -2.33. The van der Waals surface area contributed by atoms with E-state index in [2.05, 4.69) is 33.3 Å². The number of hydrogen-bond acceptors (Lipinski definition) is 4. The molecule has 102 valence electrons. The molecular weight excluding hydrogens is 238 g/mol. The molecular formula is C14H21N5. The first-order chi connectivity index (χ1) is 9.15. The number of nitrogens with zero attached hydrogens (tertiary/aromatic N) is 4. The molecule has 0 aliphatic carbocycles. The van der Waals surface area contributed by atoms with Gasteiger partial charge in [0.25, 0.3) is 0 Å². The first-order valence-corrected chi connectivity index (χ1v) is 6.88. The number of nitrogens with one attached hydrogen (secondary N) is 1. The average molecular weight is 259 g/mol. The molecule has 3 rings (SSSR count). The van der Waals surface area contributed by atoms with E-state index < -0.39 is 0 Å². The maximum absolute atomic E-state index is 4.55. The highest BCUT2D eigenvalue weighted by atomic mass is 15.3. The summed E-state index contributed by atoms with van der Waals surface area (Å²) >= 11 is 0. The second-order valence-electron chi connectivity index (χ2n) is 5.45. The summed E-state index contributed by atoms with van der Waals surface area (Å²) in [5, 5.41) is 9.01. The Morgan fingerprint density at radius 1 is 1.47 bits per heavy atom. The predicted octanol–water partition coefficient (Wildman–Crippen LogP) is 1.07. The lowest BCUT2D eigenvalue weighted by Crippen LogP contribution is -2.49. The quantitative estimate of drug-likeness (QED) is 0.876. The van der Waals surface area contributed by atoms with Crippen LogP contribution in [0.25, 0.3) is 11.0 Å². The summed E-state index contributed by atoms with van der Waals surface area (Å²) in [6.07, 6.45) is 1.98. The molecule has 0 unspecified atom stereocenters. The minimum atomic E-state index is 0.583. The van der Waals surface area contributed by atoms with Crippen molar-refractivity contribution in [2.45, 2.75) is 26.4 Å². The molecule has 1 aliphatic heterocycles. The number of fused-ring (bicyclic) bond motifs is 1. The van der Waals surface area contributed by atoms with Crippen LogP contribution in [0.15, 0.2) is 12.3 Å². The molecule has 1 atom stereocenters. The third-order valence-corrected chi connectivity index (χ3v) is 3.94. The van der Waals surface area contributed by atoms with Gasteiger partial charge in [0.2, 0.25) is 0 Å². The lowest BCUT2D eigenvalue weighted by atomic mass is 10.1. The largest absolute Gasteiger partial charge is 0.314 e. The molecule has 0 amide bonds. The fourth-order valence-corrected chi connectivity index (χ4v) is 2.79. The Labute approximate surface area is 113 Å². The van der Waals surface area contributed by atoms with E-state index in [0.717, 1.165) is 37.5 Å². The summed E-state index contributed by atoms with van der Waals surface area (Å²) in [4.78, 5) is 7.06. The standard InChI is InChI=1S/C14H21N5/c1-10-7-15-4-5-19(10)9-12-6-13-11(2)17-18(3)14(13)16-8-12/h6,8,10,15H,4-5,7,9H2,1-3H3/t10-/m1/s1. The Bertz CT molecular complexity index is 589. The number of hydrogen-bond donors (Lipinski definition) is 1. The van der Waals surface area contributed by atoms with Crippen LogP contribution in [-0.2, 0) is 13.6 Å². The first-order valence-electron chi connectivity index (χ1n) is 6.88. The monoisotopic (exact) mass is 259 g/mol. The number of piperazine rings is 1. The van der Waals surface area contributed by atoms with Crippen LogP contribution < -0.4 is 5.32 Å². The summed E-state index contributed by atoms with van der Waals surface area (Å²) < 4.78 is 1.85. The molecule has 2 aromatic heterocycles. The highest BCUT2D eigenvalue weighted by molar-refractivity contribution is 5.78. The Morgan fingerprint density at radius 3 is 3.11 bits per heavy atom. The van der Waals surface area contributed by atoms with E-state index in [1.165, 1.54) is 10.9 Å². The van der Waals surface area contributed by atoms with Crippen LogP contribution in [0, 0.1) is 6.92 Å². The minimum Gasteiger partial charge on any atom is -0.314 e. The van der Waals surface area contributed by atoms with Gasteiger partial charge >= 0.3 is 0 Å². The van der Waals surface area contributed by atoms with Crippen molar-refractivity contribution in [3.8, 4) is 0 Å². The van der Waals surface area contributed by atoms with Gasteiger partial charge in [-0.05, 0) is 25.5 Å². The summed E-state index contributed by atoms with van der Waals surface area (Å²) in [7, 11) is 1.94. The second-order valence-corrected chi connectivity index (χ2v) is 5.45. The Kier molecular flexibility index (Phi) is 3.24. The normalized spacial score (nSPS) is 21.1. The van der Waals surface area contributed by atoms with Crippen LogP contribution in [-0.4, -0.2) is 45.3 Å². The molecule has 0 aromatic carbocycles. The maximum atomic E-state index is 4.55. The molecule has 5 nitrogen and oxygen atoms in total. The van der Waals surface area contributed by atoms with E-state index in [1.54, 1.807) is 0 Å². The van der Waals surface area contributed by atoms with Gasteiger partial charge in [0.05, 0.1) is 5.69 Å². The van der Waals surface area contributed by atoms with Gasteiger partial charge in [0, 0.05) is 50.9 Å². The maximum Gasteiger partial charge on any atom is 0.157 e. The van der Waals surface area contributed by atoms with Crippen molar-refractivity contribution in [1.82, 2.24) is 25.0 Å². The van der Waals surface area contributed by atoms with Crippen LogP contribution in [0.3, 0.4) is 0 Å². The molecule has 0 spiro atoms. The molecule has 0 saturated carbocycles. The molecule has 2 aromatic rings. The smallest absolute Gasteiger partial charge is 0.157 e. The van der Waals surface area contributed by atoms with Gasteiger partial charge in [-0.2, -0.15) is 5.10 Å². The van der Waals surface area contributed by atoms with Gasteiger partial charge in [-0.1, -0.05) is 0 Å². The van der Waals surface area contributed by atoms with Crippen LogP contribution >= 0.6 is 0 Å². The highest BCUT2D eigenvalue weighted by Gasteiger charge is 2.18. The topological polar surface area (TPSA) is 46.0 Å². The van der Waals surface area contributed by atoms with E-state index in [1.807, 2.05) is 24.9 Å². The summed E-state index contributed by atoms with van der Waals surface area (Å²) in [5.41, 5.74) is 3.30. The van der Waals surface area contributed by atoms with Crippen molar-refractivity contribution in [1.29, 1.82) is 0 Å². The fourth-order valence-electron chi connectivity index (χ4n) is 2.79. The third kappa shape index (κ3) is 2.35. The zero-order valence-corrected chi connectivity index (χ0v) is 11.8. The third-order valence-electron chi connectivity index (χ3n) is 3.94. The number of rotatable bonds is 2. The molecule has 0 radical (unpaired) electrons. The van der Waals surface area contributed by atoms with Crippen molar-refractivity contribution in [2.75, 3.05) is 19.6 Å². The van der Waals surface area contributed by atoms with E-state index in [9.17, 15) is 0 Å². The molecule has 1 fully saturated rings. The molecule has 1 saturated heterocycles. The molecule has 5 heteroatoms. The number of aromatic nitrogens is 3. The van der Waals surface area contributed by atoms with Gasteiger partial charge < -0.3 is 5.32 Å². The Hall–Kier alpha value is -1.46. The highest BCUT2D eigenvalue weighted by Crippen LogP contribution is 2.18.